The van der Waals surface area contributed by atoms with Crippen LogP contribution in [0.4, 0.5) is 13.2 Å². The lowest BCUT2D eigenvalue weighted by Gasteiger charge is -2.17. The summed E-state index contributed by atoms with van der Waals surface area (Å²) in [6.45, 7) is 1.54. The van der Waals surface area contributed by atoms with Gasteiger partial charge in [-0.3, -0.25) is 0 Å². The van der Waals surface area contributed by atoms with Crippen molar-refractivity contribution in [3.63, 3.8) is 0 Å². The number of rotatable bonds is 2. The van der Waals surface area contributed by atoms with Gasteiger partial charge in [-0.15, -0.1) is 0 Å². The van der Waals surface area contributed by atoms with Gasteiger partial charge in [0.15, 0.2) is 0 Å². The Labute approximate surface area is 86.1 Å². The summed E-state index contributed by atoms with van der Waals surface area (Å²) in [5.41, 5.74) is 10.9. The lowest BCUT2D eigenvalue weighted by Crippen LogP contribution is -2.22. The molecule has 2 nitrogen and oxygen atoms in total. The van der Waals surface area contributed by atoms with Gasteiger partial charge in [-0.1, -0.05) is 12.1 Å². The van der Waals surface area contributed by atoms with Crippen molar-refractivity contribution in [2.45, 2.75) is 19.1 Å². The highest BCUT2D eigenvalue weighted by Gasteiger charge is 2.33. The molecule has 0 bridgehead atoms. The van der Waals surface area contributed by atoms with E-state index in [0.29, 0.717) is 5.56 Å². The predicted molar refractivity (Wildman–Crippen MR) is 52.2 cm³/mol. The normalized spacial score (nSPS) is 14.0. The van der Waals surface area contributed by atoms with E-state index in [2.05, 4.69) is 0 Å². The smallest absolute Gasteiger partial charge is 0.329 e. The fourth-order valence-electron chi connectivity index (χ4n) is 1.49. The predicted octanol–water partition coefficient (Wildman–Crippen LogP) is 1.97. The number of alkyl halides is 3. The standard InChI is InChI=1S/C10H13F3N2/c1-6-7(9(15)5-14)3-2-4-8(6)10(11,12)13/h2-4,9H,5,14-15H2,1H3/t9-/m0/s1. The average Bonchev–Trinajstić information content (AvgIpc) is 2.15. The first-order valence-corrected chi connectivity index (χ1v) is 4.50. The van der Waals surface area contributed by atoms with Crippen molar-refractivity contribution in [1.82, 2.24) is 0 Å². The minimum absolute atomic E-state index is 0.127. The molecule has 1 atom stereocenters. The van der Waals surface area contributed by atoms with Crippen LogP contribution >= 0.6 is 0 Å². The Morgan fingerprint density at radius 2 is 1.93 bits per heavy atom. The first kappa shape index (κ1) is 12.0. The molecule has 1 rings (SSSR count). The van der Waals surface area contributed by atoms with E-state index in [1.807, 2.05) is 0 Å². The summed E-state index contributed by atoms with van der Waals surface area (Å²) < 4.78 is 37.6. The summed E-state index contributed by atoms with van der Waals surface area (Å²) in [5.74, 6) is 0. The van der Waals surface area contributed by atoms with E-state index in [-0.39, 0.29) is 12.1 Å². The third-order valence-electron chi connectivity index (χ3n) is 2.33. The molecule has 0 aliphatic rings. The molecule has 0 fully saturated rings. The van der Waals surface area contributed by atoms with Gasteiger partial charge in [-0.2, -0.15) is 13.2 Å². The van der Waals surface area contributed by atoms with Crippen molar-refractivity contribution in [1.29, 1.82) is 0 Å². The molecule has 5 heteroatoms. The number of hydrogen-bond acceptors (Lipinski definition) is 2. The molecule has 1 aromatic rings. The summed E-state index contributed by atoms with van der Waals surface area (Å²) in [4.78, 5) is 0. The molecule has 0 aliphatic carbocycles. The van der Waals surface area contributed by atoms with E-state index >= 15 is 0 Å². The maximum absolute atomic E-state index is 12.5. The molecule has 0 amide bonds. The monoisotopic (exact) mass is 218 g/mol. The first-order valence-electron chi connectivity index (χ1n) is 4.50. The van der Waals surface area contributed by atoms with Crippen molar-refractivity contribution >= 4 is 0 Å². The molecule has 0 saturated carbocycles. The van der Waals surface area contributed by atoms with Crippen LogP contribution in [0.1, 0.15) is 22.7 Å². The van der Waals surface area contributed by atoms with Gasteiger partial charge in [0.1, 0.15) is 0 Å². The number of nitrogens with two attached hydrogens (primary N) is 2. The summed E-state index contributed by atoms with van der Waals surface area (Å²) >= 11 is 0. The SMILES string of the molecule is Cc1c([C@@H](N)CN)cccc1C(F)(F)F. The van der Waals surface area contributed by atoms with Crippen molar-refractivity contribution in [3.8, 4) is 0 Å². The molecule has 0 saturated heterocycles. The molecular formula is C10H13F3N2. The summed E-state index contributed by atoms with van der Waals surface area (Å²) in [7, 11) is 0. The molecule has 0 unspecified atom stereocenters. The van der Waals surface area contributed by atoms with E-state index in [1.165, 1.54) is 13.0 Å². The highest BCUT2D eigenvalue weighted by Crippen LogP contribution is 2.33. The van der Waals surface area contributed by atoms with Crippen LogP contribution in [0.25, 0.3) is 0 Å². The summed E-state index contributed by atoms with van der Waals surface area (Å²) in [6, 6.07) is 3.41. The third-order valence-corrected chi connectivity index (χ3v) is 2.33. The van der Waals surface area contributed by atoms with Crippen molar-refractivity contribution in [2.75, 3.05) is 6.54 Å². The first-order chi connectivity index (χ1) is 6.88. The summed E-state index contributed by atoms with van der Waals surface area (Å²) in [6.07, 6.45) is -4.34. The molecule has 1 aromatic carbocycles. The molecule has 0 spiro atoms. The quantitative estimate of drug-likeness (QED) is 0.797. The Hall–Kier alpha value is -1.07. The number of hydrogen-bond donors (Lipinski definition) is 2. The van der Waals surface area contributed by atoms with E-state index in [1.54, 1.807) is 6.07 Å². The van der Waals surface area contributed by atoms with Gasteiger partial charge in [-0.05, 0) is 24.1 Å². The second-order valence-corrected chi connectivity index (χ2v) is 3.36. The largest absolute Gasteiger partial charge is 0.416 e. The van der Waals surface area contributed by atoms with Crippen molar-refractivity contribution < 1.29 is 13.2 Å². The van der Waals surface area contributed by atoms with Gasteiger partial charge in [0.25, 0.3) is 0 Å². The lowest BCUT2D eigenvalue weighted by molar-refractivity contribution is -0.138. The fraction of sp³-hybridized carbons (Fsp3) is 0.400. The Bertz CT molecular complexity index is 347. The van der Waals surface area contributed by atoms with Crippen LogP contribution in [-0.2, 0) is 6.18 Å². The minimum Gasteiger partial charge on any atom is -0.329 e. The van der Waals surface area contributed by atoms with Gasteiger partial charge in [-0.25, -0.2) is 0 Å². The zero-order chi connectivity index (χ0) is 11.6. The maximum atomic E-state index is 12.5. The van der Waals surface area contributed by atoms with Crippen LogP contribution in [0.3, 0.4) is 0 Å². The second kappa shape index (κ2) is 4.20. The molecular weight excluding hydrogens is 205 g/mol. The van der Waals surface area contributed by atoms with Crippen molar-refractivity contribution in [3.05, 3.63) is 34.9 Å². The van der Waals surface area contributed by atoms with Crippen LogP contribution in [0.5, 0.6) is 0 Å². The topological polar surface area (TPSA) is 52.0 Å². The number of halogens is 3. The Morgan fingerprint density at radius 3 is 2.40 bits per heavy atom. The highest BCUT2D eigenvalue weighted by molar-refractivity contribution is 5.37. The fourth-order valence-corrected chi connectivity index (χ4v) is 1.49. The Morgan fingerprint density at radius 1 is 1.33 bits per heavy atom. The van der Waals surface area contributed by atoms with Crippen LogP contribution in [0.2, 0.25) is 0 Å². The third kappa shape index (κ3) is 2.49. The zero-order valence-electron chi connectivity index (χ0n) is 8.31. The van der Waals surface area contributed by atoms with Crippen molar-refractivity contribution in [2.24, 2.45) is 11.5 Å². The van der Waals surface area contributed by atoms with Gasteiger partial charge < -0.3 is 11.5 Å². The Balaban J connectivity index is 3.23. The molecule has 0 radical (unpaired) electrons. The second-order valence-electron chi connectivity index (χ2n) is 3.36. The van der Waals surface area contributed by atoms with E-state index < -0.39 is 17.8 Å². The average molecular weight is 218 g/mol. The van der Waals surface area contributed by atoms with E-state index in [9.17, 15) is 13.2 Å². The van der Waals surface area contributed by atoms with Gasteiger partial charge >= 0.3 is 6.18 Å². The maximum Gasteiger partial charge on any atom is 0.416 e. The molecule has 15 heavy (non-hydrogen) atoms. The van der Waals surface area contributed by atoms with Gasteiger partial charge in [0.2, 0.25) is 0 Å². The molecule has 0 aromatic heterocycles. The van der Waals surface area contributed by atoms with Gasteiger partial charge in [0, 0.05) is 12.6 Å². The lowest BCUT2D eigenvalue weighted by atomic mass is 9.97. The minimum atomic E-state index is -4.34. The molecule has 4 N–H and O–H groups in total. The van der Waals surface area contributed by atoms with E-state index in [0.717, 1.165) is 6.07 Å². The Kier molecular flexibility index (Phi) is 3.36. The van der Waals surface area contributed by atoms with Crippen LogP contribution in [0, 0.1) is 6.92 Å². The van der Waals surface area contributed by atoms with Crippen LogP contribution < -0.4 is 11.5 Å². The van der Waals surface area contributed by atoms with Gasteiger partial charge in [0.05, 0.1) is 5.56 Å². The zero-order valence-corrected chi connectivity index (χ0v) is 8.31. The molecule has 0 aliphatic heterocycles. The molecule has 0 heterocycles. The van der Waals surface area contributed by atoms with E-state index in [4.69, 9.17) is 11.5 Å². The summed E-state index contributed by atoms with van der Waals surface area (Å²) in [5, 5.41) is 0. The highest BCUT2D eigenvalue weighted by atomic mass is 19.4. The number of benzene rings is 1. The molecule has 84 valence electrons. The van der Waals surface area contributed by atoms with Crippen LogP contribution in [-0.4, -0.2) is 6.54 Å². The van der Waals surface area contributed by atoms with Crippen LogP contribution in [0.15, 0.2) is 18.2 Å².